The van der Waals surface area contributed by atoms with Crippen LogP contribution in [0.5, 0.6) is 0 Å². The molecule has 1 fully saturated rings. The first kappa shape index (κ1) is 22.8. The van der Waals surface area contributed by atoms with Crippen molar-refractivity contribution in [1.29, 1.82) is 0 Å². The molecule has 1 aromatic carbocycles. The number of benzene rings is 1. The van der Waals surface area contributed by atoms with Crippen molar-refractivity contribution in [2.24, 2.45) is 5.92 Å². The highest BCUT2D eigenvalue weighted by molar-refractivity contribution is 7.89. The average Bonchev–Trinajstić information content (AvgIpc) is 3.42. The monoisotopic (exact) mass is 483 g/mol. The van der Waals surface area contributed by atoms with E-state index in [4.69, 9.17) is 9.51 Å². The smallest absolute Gasteiger partial charge is 0.248 e. The summed E-state index contributed by atoms with van der Waals surface area (Å²) in [5.41, 5.74) is 2.97. The number of amides is 1. The van der Waals surface area contributed by atoms with Crippen molar-refractivity contribution in [3.8, 4) is 11.3 Å². The van der Waals surface area contributed by atoms with E-state index in [2.05, 4.69) is 21.2 Å². The molecular formula is C24H29N5O4S. The molecule has 0 saturated carbocycles. The average molecular weight is 484 g/mol. The molecule has 4 heterocycles. The van der Waals surface area contributed by atoms with Gasteiger partial charge in [0.1, 0.15) is 16.4 Å². The number of nitrogens with one attached hydrogen (secondary N) is 1. The van der Waals surface area contributed by atoms with Crippen molar-refractivity contribution in [2.45, 2.75) is 57.4 Å². The lowest BCUT2D eigenvalue weighted by Crippen LogP contribution is -2.41. The normalized spacial score (nSPS) is 17.5. The van der Waals surface area contributed by atoms with Crippen LogP contribution < -0.4 is 5.32 Å². The molecule has 1 N–H and O–H groups in total. The third-order valence-corrected chi connectivity index (χ3v) is 8.87. The molecular weight excluding hydrogens is 454 g/mol. The number of sulfonamides is 1. The van der Waals surface area contributed by atoms with Gasteiger partial charge in [-0.1, -0.05) is 17.3 Å². The number of aryl methyl sites for hydroxylation is 4. The van der Waals surface area contributed by atoms with Gasteiger partial charge in [0.15, 0.2) is 5.76 Å². The van der Waals surface area contributed by atoms with Gasteiger partial charge in [-0.3, -0.25) is 4.79 Å². The second-order valence-electron chi connectivity index (χ2n) is 9.09. The SMILES string of the molecule is Cc1noc(C)c1S(=O)(=O)N1CCC(C(=O)Nc2cccc(-c3cn4c(n3)CCCC4)c2)CC1. The highest BCUT2D eigenvalue weighted by atomic mass is 32.2. The third kappa shape index (κ3) is 4.27. The van der Waals surface area contributed by atoms with Gasteiger partial charge in [-0.15, -0.1) is 0 Å². The van der Waals surface area contributed by atoms with Crippen LogP contribution in [0.3, 0.4) is 0 Å². The zero-order valence-electron chi connectivity index (χ0n) is 19.5. The summed E-state index contributed by atoms with van der Waals surface area (Å²) < 4.78 is 34.7. The molecule has 5 rings (SSSR count). The molecule has 3 aromatic rings. The van der Waals surface area contributed by atoms with Crippen LogP contribution >= 0.6 is 0 Å². The number of fused-ring (bicyclic) bond motifs is 1. The Balaban J connectivity index is 1.23. The lowest BCUT2D eigenvalue weighted by Gasteiger charge is -2.30. The number of hydrogen-bond acceptors (Lipinski definition) is 6. The molecule has 1 saturated heterocycles. The van der Waals surface area contributed by atoms with E-state index in [1.807, 2.05) is 24.3 Å². The van der Waals surface area contributed by atoms with E-state index in [1.165, 1.54) is 17.1 Å². The number of nitrogens with zero attached hydrogens (tertiary/aromatic N) is 4. The van der Waals surface area contributed by atoms with Gasteiger partial charge in [-0.2, -0.15) is 4.31 Å². The van der Waals surface area contributed by atoms with Crippen LogP contribution in [-0.2, 0) is 27.8 Å². The van der Waals surface area contributed by atoms with Crippen LogP contribution in [0.2, 0.25) is 0 Å². The highest BCUT2D eigenvalue weighted by Gasteiger charge is 2.35. The van der Waals surface area contributed by atoms with Gasteiger partial charge in [0.25, 0.3) is 0 Å². The number of hydrogen-bond donors (Lipinski definition) is 1. The molecule has 2 aliphatic rings. The molecule has 180 valence electrons. The van der Waals surface area contributed by atoms with Crippen molar-refractivity contribution < 1.29 is 17.7 Å². The Morgan fingerprint density at radius 3 is 2.65 bits per heavy atom. The highest BCUT2D eigenvalue weighted by Crippen LogP contribution is 2.29. The number of piperidine rings is 1. The quantitative estimate of drug-likeness (QED) is 0.594. The fraction of sp³-hybridized carbons (Fsp3) is 0.458. The fourth-order valence-electron chi connectivity index (χ4n) is 4.88. The van der Waals surface area contributed by atoms with Crippen molar-refractivity contribution >= 4 is 21.6 Å². The van der Waals surface area contributed by atoms with Gasteiger partial charge in [0.05, 0.1) is 5.69 Å². The summed E-state index contributed by atoms with van der Waals surface area (Å²) in [6.45, 7) is 4.79. The molecule has 34 heavy (non-hydrogen) atoms. The summed E-state index contributed by atoms with van der Waals surface area (Å²) in [6, 6.07) is 7.74. The van der Waals surface area contributed by atoms with E-state index in [-0.39, 0.29) is 35.6 Å². The summed E-state index contributed by atoms with van der Waals surface area (Å²) in [6.07, 6.45) is 6.36. The van der Waals surface area contributed by atoms with Gasteiger partial charge in [0, 0.05) is 49.4 Å². The maximum Gasteiger partial charge on any atom is 0.248 e. The van der Waals surface area contributed by atoms with Crippen LogP contribution in [0, 0.1) is 19.8 Å². The molecule has 0 aliphatic carbocycles. The van der Waals surface area contributed by atoms with Crippen LogP contribution in [0.15, 0.2) is 39.9 Å². The zero-order chi connectivity index (χ0) is 23.9. The van der Waals surface area contributed by atoms with Gasteiger partial charge < -0.3 is 14.4 Å². The molecule has 2 aliphatic heterocycles. The van der Waals surface area contributed by atoms with E-state index in [1.54, 1.807) is 13.8 Å². The van der Waals surface area contributed by atoms with Crippen molar-refractivity contribution in [3.63, 3.8) is 0 Å². The standard InChI is InChI=1S/C24H29N5O4S/c1-16-23(17(2)33-27-16)34(31,32)29-12-9-18(10-13-29)24(30)25-20-7-5-6-19(14-20)21-15-28-11-4-3-8-22(28)26-21/h5-7,14-15,18H,3-4,8-13H2,1-2H3,(H,25,30). The summed E-state index contributed by atoms with van der Waals surface area (Å²) >= 11 is 0. The number of aromatic nitrogens is 3. The van der Waals surface area contributed by atoms with Gasteiger partial charge >= 0.3 is 0 Å². The molecule has 9 nitrogen and oxygen atoms in total. The van der Waals surface area contributed by atoms with Crippen molar-refractivity contribution in [3.05, 3.63) is 47.7 Å². The lowest BCUT2D eigenvalue weighted by molar-refractivity contribution is -0.120. The Morgan fingerprint density at radius 2 is 1.94 bits per heavy atom. The summed E-state index contributed by atoms with van der Waals surface area (Å²) in [5.74, 6) is 1.07. The number of rotatable bonds is 5. The first-order chi connectivity index (χ1) is 16.3. The maximum atomic E-state index is 13.0. The predicted molar refractivity (Wildman–Crippen MR) is 127 cm³/mol. The number of anilines is 1. The van der Waals surface area contributed by atoms with Gasteiger partial charge in [-0.25, -0.2) is 13.4 Å². The maximum absolute atomic E-state index is 13.0. The molecule has 0 bridgehead atoms. The summed E-state index contributed by atoms with van der Waals surface area (Å²) in [7, 11) is -3.69. The Labute approximate surface area is 199 Å². The fourth-order valence-corrected chi connectivity index (χ4v) is 6.64. The number of carbonyl (C=O) groups is 1. The molecule has 0 unspecified atom stereocenters. The van der Waals surface area contributed by atoms with Crippen LogP contribution in [-0.4, -0.2) is 46.4 Å². The van der Waals surface area contributed by atoms with Crippen molar-refractivity contribution in [1.82, 2.24) is 19.0 Å². The van der Waals surface area contributed by atoms with E-state index in [0.29, 0.717) is 18.5 Å². The minimum atomic E-state index is -3.69. The molecule has 0 atom stereocenters. The first-order valence-electron chi connectivity index (χ1n) is 11.7. The molecule has 1 amide bonds. The Kier molecular flexibility index (Phi) is 6.03. The predicted octanol–water partition coefficient (Wildman–Crippen LogP) is 3.53. The van der Waals surface area contributed by atoms with Gasteiger partial charge in [0.2, 0.25) is 15.9 Å². The second-order valence-corrected chi connectivity index (χ2v) is 11.0. The minimum Gasteiger partial charge on any atom is -0.360 e. The lowest BCUT2D eigenvalue weighted by atomic mass is 9.97. The molecule has 2 aromatic heterocycles. The largest absolute Gasteiger partial charge is 0.360 e. The topological polar surface area (TPSA) is 110 Å². The first-order valence-corrected chi connectivity index (χ1v) is 13.2. The molecule has 10 heteroatoms. The van der Waals surface area contributed by atoms with Crippen LogP contribution in [0.4, 0.5) is 5.69 Å². The summed E-state index contributed by atoms with van der Waals surface area (Å²) in [5, 5.41) is 6.78. The second kappa shape index (κ2) is 8.99. The zero-order valence-corrected chi connectivity index (χ0v) is 20.3. The van der Waals surface area contributed by atoms with Crippen LogP contribution in [0.25, 0.3) is 11.3 Å². The minimum absolute atomic E-state index is 0.0873. The molecule has 0 spiro atoms. The number of carbonyl (C=O) groups excluding carboxylic acids is 1. The van der Waals surface area contributed by atoms with Gasteiger partial charge in [-0.05, 0) is 51.7 Å². The van der Waals surface area contributed by atoms with Crippen LogP contribution in [0.1, 0.15) is 43.0 Å². The Bertz CT molecular complexity index is 1280. The third-order valence-electron chi connectivity index (χ3n) is 6.72. The Morgan fingerprint density at radius 1 is 1.15 bits per heavy atom. The van der Waals surface area contributed by atoms with E-state index < -0.39 is 10.0 Å². The van der Waals surface area contributed by atoms with E-state index >= 15 is 0 Å². The summed E-state index contributed by atoms with van der Waals surface area (Å²) in [4.78, 5) is 17.8. The van der Waals surface area contributed by atoms with Crippen molar-refractivity contribution in [2.75, 3.05) is 18.4 Å². The number of imidazole rings is 1. The molecule has 0 radical (unpaired) electrons. The van der Waals surface area contributed by atoms with E-state index in [9.17, 15) is 13.2 Å². The van der Waals surface area contributed by atoms with E-state index in [0.717, 1.165) is 35.7 Å². The Hall–Kier alpha value is -2.98.